The molecule has 0 saturated heterocycles. The van der Waals surface area contributed by atoms with Gasteiger partial charge in [0, 0.05) is 6.42 Å². The summed E-state index contributed by atoms with van der Waals surface area (Å²) in [6.45, 7) is 0.129. The van der Waals surface area contributed by atoms with Crippen molar-refractivity contribution in [1.29, 1.82) is 0 Å². The van der Waals surface area contributed by atoms with E-state index < -0.39 is 6.04 Å². The van der Waals surface area contributed by atoms with E-state index in [4.69, 9.17) is 0 Å². The molecule has 0 aliphatic heterocycles. The zero-order valence-corrected chi connectivity index (χ0v) is 17.1. The number of hydrogen-bond acceptors (Lipinski definition) is 5. The van der Waals surface area contributed by atoms with Crippen LogP contribution in [0.5, 0.6) is 0 Å². The van der Waals surface area contributed by atoms with Crippen LogP contribution in [0.3, 0.4) is 0 Å². The first-order chi connectivity index (χ1) is 15.7. The van der Waals surface area contributed by atoms with E-state index in [1.807, 2.05) is 54.6 Å². The molecule has 5 aromatic rings. The maximum absolute atomic E-state index is 12.8. The molecule has 1 amide bonds. The number of aromatic nitrogens is 5. The topological polar surface area (TPSA) is 106 Å². The van der Waals surface area contributed by atoms with Gasteiger partial charge in [-0.2, -0.15) is 0 Å². The molecule has 0 unspecified atom stereocenters. The van der Waals surface area contributed by atoms with Crippen LogP contribution in [-0.2, 0) is 11.3 Å². The van der Waals surface area contributed by atoms with Gasteiger partial charge in [-0.15, -0.1) is 5.10 Å². The van der Waals surface area contributed by atoms with E-state index in [9.17, 15) is 9.59 Å². The van der Waals surface area contributed by atoms with E-state index >= 15 is 0 Å². The van der Waals surface area contributed by atoms with Gasteiger partial charge in [0.1, 0.15) is 17.4 Å². The van der Waals surface area contributed by atoms with Gasteiger partial charge in [-0.1, -0.05) is 59.8 Å². The summed E-state index contributed by atoms with van der Waals surface area (Å²) in [7, 11) is 0. The van der Waals surface area contributed by atoms with Crippen molar-refractivity contribution in [3.05, 3.63) is 101 Å². The molecule has 2 N–H and O–H groups in total. The second kappa shape index (κ2) is 8.43. The standard InChI is InChI=1S/C24H20N6O2/c31-21(14-15-30-24(32)17-10-4-5-11-18(17)28-29-30)27-22(16-8-2-1-3-9-16)23-25-19-12-6-7-13-20(19)26-23/h1-13,22H,14-15H2,(H,25,26)(H,27,31)/t22-/m1/s1. The summed E-state index contributed by atoms with van der Waals surface area (Å²) in [5.74, 6) is 0.426. The number of imidazole rings is 1. The third-order valence-corrected chi connectivity index (χ3v) is 5.30. The number of nitrogens with one attached hydrogen (secondary N) is 2. The summed E-state index contributed by atoms with van der Waals surface area (Å²) in [5.41, 5.74) is 2.90. The predicted molar refractivity (Wildman–Crippen MR) is 121 cm³/mol. The molecule has 0 radical (unpaired) electrons. The van der Waals surface area contributed by atoms with E-state index in [2.05, 4.69) is 25.6 Å². The molecule has 0 bridgehead atoms. The van der Waals surface area contributed by atoms with Gasteiger partial charge in [0.05, 0.1) is 23.0 Å². The maximum Gasteiger partial charge on any atom is 0.277 e. The lowest BCUT2D eigenvalue weighted by atomic mass is 10.1. The second-order valence-corrected chi connectivity index (χ2v) is 7.44. The Morgan fingerprint density at radius 2 is 1.66 bits per heavy atom. The van der Waals surface area contributed by atoms with E-state index in [1.54, 1.807) is 24.3 Å². The lowest BCUT2D eigenvalue weighted by molar-refractivity contribution is -0.121. The first kappa shape index (κ1) is 19.6. The highest BCUT2D eigenvalue weighted by molar-refractivity contribution is 5.78. The molecule has 2 heterocycles. The van der Waals surface area contributed by atoms with Gasteiger partial charge in [0.2, 0.25) is 5.91 Å². The maximum atomic E-state index is 12.8. The number of aryl methyl sites for hydroxylation is 1. The van der Waals surface area contributed by atoms with E-state index in [0.29, 0.717) is 16.7 Å². The fourth-order valence-corrected chi connectivity index (χ4v) is 3.67. The molecule has 5 rings (SSSR count). The third kappa shape index (κ3) is 3.85. The molecule has 158 valence electrons. The Bertz CT molecular complexity index is 1420. The largest absolute Gasteiger partial charge is 0.342 e. The number of aromatic amines is 1. The highest BCUT2D eigenvalue weighted by atomic mass is 16.2. The monoisotopic (exact) mass is 424 g/mol. The fourth-order valence-electron chi connectivity index (χ4n) is 3.67. The number of nitrogens with zero attached hydrogens (tertiary/aromatic N) is 4. The minimum absolute atomic E-state index is 0.0799. The zero-order valence-electron chi connectivity index (χ0n) is 17.1. The van der Waals surface area contributed by atoms with Gasteiger partial charge in [0.15, 0.2) is 0 Å². The molecule has 8 heteroatoms. The number of H-pyrrole nitrogens is 1. The number of amides is 1. The quantitative estimate of drug-likeness (QED) is 0.436. The van der Waals surface area contributed by atoms with Crippen molar-refractivity contribution in [2.75, 3.05) is 0 Å². The molecule has 3 aromatic carbocycles. The summed E-state index contributed by atoms with van der Waals surface area (Å²) in [5, 5.41) is 11.5. The SMILES string of the molecule is O=C(CCn1nnc2ccccc2c1=O)N[C@H](c1ccccc1)c1nc2ccccc2[nH]1. The molecule has 0 saturated carbocycles. The number of benzene rings is 3. The zero-order chi connectivity index (χ0) is 21.9. The summed E-state index contributed by atoms with van der Waals surface area (Å²) in [6.07, 6.45) is 0.0799. The number of para-hydroxylation sites is 2. The van der Waals surface area contributed by atoms with E-state index in [0.717, 1.165) is 16.6 Å². The van der Waals surface area contributed by atoms with E-state index in [-0.39, 0.29) is 24.4 Å². The molecule has 0 spiro atoms. The van der Waals surface area contributed by atoms with Gasteiger partial charge in [-0.3, -0.25) is 9.59 Å². The van der Waals surface area contributed by atoms with Crippen molar-refractivity contribution >= 4 is 27.8 Å². The van der Waals surface area contributed by atoms with Crippen LogP contribution in [0.15, 0.2) is 83.7 Å². The Balaban J connectivity index is 1.37. The van der Waals surface area contributed by atoms with Crippen LogP contribution in [0, 0.1) is 0 Å². The fraction of sp³-hybridized carbons (Fsp3) is 0.125. The van der Waals surface area contributed by atoms with Gasteiger partial charge >= 0.3 is 0 Å². The predicted octanol–water partition coefficient (Wildman–Crippen LogP) is 2.96. The Morgan fingerprint density at radius 3 is 2.47 bits per heavy atom. The Labute approximate surface area is 182 Å². The number of fused-ring (bicyclic) bond motifs is 2. The van der Waals surface area contributed by atoms with Gasteiger partial charge in [-0.05, 0) is 29.8 Å². The number of hydrogen-bond donors (Lipinski definition) is 2. The van der Waals surface area contributed by atoms with Gasteiger partial charge < -0.3 is 10.3 Å². The molecule has 8 nitrogen and oxygen atoms in total. The van der Waals surface area contributed by atoms with Crippen molar-refractivity contribution < 1.29 is 4.79 Å². The summed E-state index contributed by atoms with van der Waals surface area (Å²) >= 11 is 0. The average Bonchev–Trinajstić information content (AvgIpc) is 3.27. The molecule has 32 heavy (non-hydrogen) atoms. The number of carbonyl (C=O) groups excluding carboxylic acids is 1. The molecule has 0 aliphatic rings. The van der Waals surface area contributed by atoms with Crippen molar-refractivity contribution in [3.63, 3.8) is 0 Å². The van der Waals surface area contributed by atoms with Crippen molar-refractivity contribution in [3.8, 4) is 0 Å². The van der Waals surface area contributed by atoms with Gasteiger partial charge in [-0.25, -0.2) is 9.67 Å². The molecular weight excluding hydrogens is 404 g/mol. The van der Waals surface area contributed by atoms with Crippen LogP contribution < -0.4 is 10.9 Å². The van der Waals surface area contributed by atoms with Crippen molar-refractivity contribution in [2.24, 2.45) is 0 Å². The number of carbonyl (C=O) groups is 1. The Kier molecular flexibility index (Phi) is 5.17. The van der Waals surface area contributed by atoms with Crippen LogP contribution in [-0.4, -0.2) is 30.9 Å². The van der Waals surface area contributed by atoms with Crippen molar-refractivity contribution in [2.45, 2.75) is 19.0 Å². The lowest BCUT2D eigenvalue weighted by Crippen LogP contribution is -2.32. The second-order valence-electron chi connectivity index (χ2n) is 7.44. The lowest BCUT2D eigenvalue weighted by Gasteiger charge is -2.17. The molecule has 2 aromatic heterocycles. The smallest absolute Gasteiger partial charge is 0.277 e. The molecular formula is C24H20N6O2. The molecule has 1 atom stereocenters. The van der Waals surface area contributed by atoms with Gasteiger partial charge in [0.25, 0.3) is 5.56 Å². The third-order valence-electron chi connectivity index (χ3n) is 5.30. The summed E-state index contributed by atoms with van der Waals surface area (Å²) in [6, 6.07) is 23.9. The molecule has 0 fully saturated rings. The average molecular weight is 424 g/mol. The summed E-state index contributed by atoms with van der Waals surface area (Å²) in [4.78, 5) is 33.4. The van der Waals surface area contributed by atoms with Crippen LogP contribution >= 0.6 is 0 Å². The molecule has 0 aliphatic carbocycles. The first-order valence-electron chi connectivity index (χ1n) is 10.3. The minimum atomic E-state index is -0.449. The van der Waals surface area contributed by atoms with Crippen molar-refractivity contribution in [1.82, 2.24) is 30.3 Å². The van der Waals surface area contributed by atoms with E-state index in [1.165, 1.54) is 4.68 Å². The highest BCUT2D eigenvalue weighted by Crippen LogP contribution is 2.22. The summed E-state index contributed by atoms with van der Waals surface area (Å²) < 4.78 is 1.22. The van der Waals surface area contributed by atoms with Crippen LogP contribution in [0.4, 0.5) is 0 Å². The first-order valence-corrected chi connectivity index (χ1v) is 10.3. The number of rotatable bonds is 6. The van der Waals surface area contributed by atoms with Crippen LogP contribution in [0.1, 0.15) is 23.9 Å². The van der Waals surface area contributed by atoms with Crippen LogP contribution in [0.25, 0.3) is 21.9 Å². The highest BCUT2D eigenvalue weighted by Gasteiger charge is 2.20. The normalized spacial score (nSPS) is 12.1. The Hall–Kier alpha value is -4.33. The Morgan fingerprint density at radius 1 is 0.938 bits per heavy atom. The minimum Gasteiger partial charge on any atom is -0.342 e. The van der Waals surface area contributed by atoms with Crippen LogP contribution in [0.2, 0.25) is 0 Å².